The lowest BCUT2D eigenvalue weighted by Crippen LogP contribution is -2.64. The fourth-order valence-electron chi connectivity index (χ4n) is 9.32. The second-order valence-electron chi connectivity index (χ2n) is 12.3. The molecule has 1 aliphatic heterocycles. The predicted octanol–water partition coefficient (Wildman–Crippen LogP) is 1.75. The van der Waals surface area contributed by atoms with Gasteiger partial charge >= 0.3 is 5.97 Å². The second-order valence-corrected chi connectivity index (χ2v) is 12.3. The summed E-state index contributed by atoms with van der Waals surface area (Å²) in [7, 11) is 0. The van der Waals surface area contributed by atoms with Gasteiger partial charge in [-0.3, -0.25) is 0 Å². The standard InChI is InChI=1S/C26H40O7/c1-12(21(29)14-11-19(28)33-24(14)32)15-4-5-16-20-17(7-9-25(15,16)2)26(3)8-6-13(27)10-18(26)22(30)23(20)31/h11-13,15-18,20-24,27,29-32H,4-10H2,1-3H3/t12-,13-,15+,16-,17-,18+,20-,21+,22+,23+,24?,25+,26+/m0/s1. The van der Waals surface area contributed by atoms with Gasteiger partial charge in [0.25, 0.3) is 0 Å². The van der Waals surface area contributed by atoms with E-state index in [4.69, 9.17) is 4.74 Å². The maximum absolute atomic E-state index is 11.6. The van der Waals surface area contributed by atoms with E-state index in [0.29, 0.717) is 12.3 Å². The van der Waals surface area contributed by atoms with Gasteiger partial charge in [0.05, 0.1) is 24.4 Å². The highest BCUT2D eigenvalue weighted by atomic mass is 16.6. The Kier molecular flexibility index (Phi) is 5.77. The number of rotatable bonds is 3. The van der Waals surface area contributed by atoms with Crippen molar-refractivity contribution in [3.05, 3.63) is 11.6 Å². The highest BCUT2D eigenvalue weighted by Gasteiger charge is 2.65. The zero-order chi connectivity index (χ0) is 23.9. The highest BCUT2D eigenvalue weighted by Crippen LogP contribution is 2.68. The van der Waals surface area contributed by atoms with E-state index in [9.17, 15) is 30.3 Å². The van der Waals surface area contributed by atoms with Crippen molar-refractivity contribution in [1.82, 2.24) is 0 Å². The van der Waals surface area contributed by atoms with Crippen LogP contribution in [0.5, 0.6) is 0 Å². The lowest BCUT2D eigenvalue weighted by atomic mass is 9.43. The molecule has 1 unspecified atom stereocenters. The van der Waals surface area contributed by atoms with Gasteiger partial charge in [0.15, 0.2) is 0 Å². The summed E-state index contributed by atoms with van der Waals surface area (Å²) < 4.78 is 4.79. The van der Waals surface area contributed by atoms with Crippen LogP contribution in [0.4, 0.5) is 0 Å². The maximum atomic E-state index is 11.6. The average Bonchev–Trinajstić information content (AvgIpc) is 3.30. The summed E-state index contributed by atoms with van der Waals surface area (Å²) in [4.78, 5) is 11.6. The molecule has 0 aromatic carbocycles. The Morgan fingerprint density at radius 1 is 0.939 bits per heavy atom. The number of aliphatic hydroxyl groups is 5. The normalized spacial score (nSPS) is 53.4. The van der Waals surface area contributed by atoms with Crippen LogP contribution in [-0.4, -0.2) is 62.2 Å². The largest absolute Gasteiger partial charge is 0.429 e. The number of cyclic esters (lactones) is 1. The van der Waals surface area contributed by atoms with E-state index in [-0.39, 0.29) is 46.0 Å². The van der Waals surface area contributed by atoms with Crippen molar-refractivity contribution in [2.75, 3.05) is 0 Å². The van der Waals surface area contributed by atoms with Crippen LogP contribution in [0.2, 0.25) is 0 Å². The number of esters is 1. The van der Waals surface area contributed by atoms with E-state index < -0.39 is 36.7 Å². The first-order valence-electron chi connectivity index (χ1n) is 12.8. The fourth-order valence-corrected chi connectivity index (χ4v) is 9.32. The Morgan fingerprint density at radius 3 is 2.27 bits per heavy atom. The molecule has 4 fully saturated rings. The van der Waals surface area contributed by atoms with E-state index in [0.717, 1.165) is 38.5 Å². The summed E-state index contributed by atoms with van der Waals surface area (Å²) in [6.07, 6.45) is 2.83. The van der Waals surface area contributed by atoms with Gasteiger partial charge in [-0.1, -0.05) is 20.8 Å². The third-order valence-electron chi connectivity index (χ3n) is 11.1. The number of aliphatic hydroxyl groups excluding tert-OH is 5. The SMILES string of the molecule is C[C@@H]([C@H]1CC[C@H]2[C@@H]3[C@@H](O)[C@H](O)[C@H]4C[C@@H](O)CC[C@]4(C)[C@H]3CC[C@]12C)[C@@H](O)C1=CC(=O)OC1O. The maximum Gasteiger partial charge on any atom is 0.333 e. The highest BCUT2D eigenvalue weighted by molar-refractivity contribution is 5.85. The van der Waals surface area contributed by atoms with Gasteiger partial charge in [0.2, 0.25) is 6.29 Å². The molecule has 4 saturated carbocycles. The molecule has 0 bridgehead atoms. The molecule has 4 aliphatic carbocycles. The summed E-state index contributed by atoms with van der Waals surface area (Å²) in [5.41, 5.74) is 0.0514. The molecule has 5 aliphatic rings. The summed E-state index contributed by atoms with van der Waals surface area (Å²) in [6.45, 7) is 6.52. The minimum Gasteiger partial charge on any atom is -0.429 e. The lowest BCUT2D eigenvalue weighted by Gasteiger charge is -2.63. The van der Waals surface area contributed by atoms with Crippen LogP contribution in [0, 0.1) is 46.3 Å². The number of hydrogen-bond donors (Lipinski definition) is 5. The summed E-state index contributed by atoms with van der Waals surface area (Å²) in [5, 5.41) is 53.9. The van der Waals surface area contributed by atoms with Gasteiger partial charge in [-0.2, -0.15) is 0 Å². The Labute approximate surface area is 195 Å². The van der Waals surface area contributed by atoms with Crippen LogP contribution >= 0.6 is 0 Å². The van der Waals surface area contributed by atoms with Crippen molar-refractivity contribution in [3.63, 3.8) is 0 Å². The zero-order valence-electron chi connectivity index (χ0n) is 19.9. The quantitative estimate of drug-likeness (QED) is 0.403. The van der Waals surface area contributed by atoms with Gasteiger partial charge in [-0.05, 0) is 91.3 Å². The molecule has 186 valence electrons. The van der Waals surface area contributed by atoms with Crippen LogP contribution < -0.4 is 0 Å². The molecule has 0 aromatic rings. The Balaban J connectivity index is 1.41. The molecule has 0 saturated heterocycles. The van der Waals surface area contributed by atoms with Crippen LogP contribution in [-0.2, 0) is 9.53 Å². The zero-order valence-corrected chi connectivity index (χ0v) is 19.9. The van der Waals surface area contributed by atoms with Gasteiger partial charge in [-0.25, -0.2) is 4.79 Å². The van der Waals surface area contributed by atoms with Crippen LogP contribution in [0.25, 0.3) is 0 Å². The molecule has 1 heterocycles. The smallest absolute Gasteiger partial charge is 0.333 e. The Morgan fingerprint density at radius 2 is 1.61 bits per heavy atom. The molecular formula is C26H40O7. The molecule has 7 heteroatoms. The monoisotopic (exact) mass is 464 g/mol. The first-order chi connectivity index (χ1) is 15.5. The van der Waals surface area contributed by atoms with Gasteiger partial charge < -0.3 is 30.3 Å². The first-order valence-corrected chi connectivity index (χ1v) is 12.8. The molecule has 0 amide bonds. The van der Waals surface area contributed by atoms with E-state index in [2.05, 4.69) is 13.8 Å². The van der Waals surface area contributed by atoms with E-state index in [1.54, 1.807) is 0 Å². The summed E-state index contributed by atoms with van der Waals surface area (Å²) in [5.74, 6) is -0.143. The third-order valence-corrected chi connectivity index (χ3v) is 11.1. The molecule has 13 atom stereocenters. The molecule has 33 heavy (non-hydrogen) atoms. The van der Waals surface area contributed by atoms with E-state index >= 15 is 0 Å². The van der Waals surface area contributed by atoms with Crippen molar-refractivity contribution >= 4 is 5.97 Å². The molecule has 5 rings (SSSR count). The van der Waals surface area contributed by atoms with Crippen molar-refractivity contribution < 1.29 is 35.1 Å². The number of carbonyl (C=O) groups is 1. The first kappa shape index (κ1) is 23.7. The van der Waals surface area contributed by atoms with E-state index in [1.807, 2.05) is 6.92 Å². The molecule has 0 radical (unpaired) electrons. The minimum absolute atomic E-state index is 0.00535. The number of ether oxygens (including phenoxy) is 1. The van der Waals surface area contributed by atoms with Crippen molar-refractivity contribution in [2.24, 2.45) is 46.3 Å². The molecule has 0 spiro atoms. The van der Waals surface area contributed by atoms with Gasteiger partial charge in [0.1, 0.15) is 0 Å². The Bertz CT molecular complexity index is 827. The van der Waals surface area contributed by atoms with Crippen molar-refractivity contribution in [3.8, 4) is 0 Å². The molecule has 7 nitrogen and oxygen atoms in total. The number of fused-ring (bicyclic) bond motifs is 5. The Hall–Kier alpha value is -0.990. The molecular weight excluding hydrogens is 424 g/mol. The third kappa shape index (κ3) is 3.37. The average molecular weight is 465 g/mol. The number of hydrogen-bond acceptors (Lipinski definition) is 7. The fraction of sp³-hybridized carbons (Fsp3) is 0.885. The van der Waals surface area contributed by atoms with Gasteiger partial charge in [0, 0.05) is 11.6 Å². The van der Waals surface area contributed by atoms with Crippen molar-refractivity contribution in [2.45, 2.75) is 96.4 Å². The summed E-state index contributed by atoms with van der Waals surface area (Å²) in [6, 6.07) is 0. The van der Waals surface area contributed by atoms with Crippen LogP contribution in [0.15, 0.2) is 11.6 Å². The van der Waals surface area contributed by atoms with E-state index in [1.165, 1.54) is 6.08 Å². The van der Waals surface area contributed by atoms with Gasteiger partial charge in [-0.15, -0.1) is 0 Å². The molecule has 5 N–H and O–H groups in total. The van der Waals surface area contributed by atoms with Crippen molar-refractivity contribution in [1.29, 1.82) is 0 Å². The number of carbonyl (C=O) groups excluding carboxylic acids is 1. The van der Waals surface area contributed by atoms with Crippen LogP contribution in [0.3, 0.4) is 0 Å². The predicted molar refractivity (Wildman–Crippen MR) is 119 cm³/mol. The summed E-state index contributed by atoms with van der Waals surface area (Å²) >= 11 is 0. The lowest BCUT2D eigenvalue weighted by molar-refractivity contribution is -0.223. The second kappa shape index (κ2) is 8.02. The molecule has 0 aromatic heterocycles. The minimum atomic E-state index is -1.38. The van der Waals surface area contributed by atoms with Crippen LogP contribution in [0.1, 0.15) is 65.7 Å². The topological polar surface area (TPSA) is 127 Å².